The number of rotatable bonds is 6. The van der Waals surface area contributed by atoms with E-state index in [4.69, 9.17) is 5.11 Å². The average molecular weight is 316 g/mol. The summed E-state index contributed by atoms with van der Waals surface area (Å²) in [7, 11) is 0.984. The summed E-state index contributed by atoms with van der Waals surface area (Å²) in [5, 5.41) is 12.9. The molecule has 0 aliphatic carbocycles. The summed E-state index contributed by atoms with van der Waals surface area (Å²) in [4.78, 5) is 32.9. The van der Waals surface area contributed by atoms with Crippen molar-refractivity contribution in [3.63, 3.8) is 0 Å². The Morgan fingerprint density at radius 2 is 1.82 bits per heavy atom. The number of methoxy groups -OCH3 is 1. The zero-order valence-electron chi connectivity index (χ0n) is 11.6. The van der Waals surface area contributed by atoms with Crippen LogP contribution < -0.4 is 10.6 Å². The van der Waals surface area contributed by atoms with E-state index in [-0.39, 0.29) is 25.1 Å². The third-order valence-corrected chi connectivity index (χ3v) is 2.54. The first kappa shape index (κ1) is 17.3. The molecular weight excluding hydrogens is 302 g/mol. The van der Waals surface area contributed by atoms with Crippen molar-refractivity contribution in [1.29, 1.82) is 0 Å². The van der Waals surface area contributed by atoms with E-state index >= 15 is 0 Å². The lowest BCUT2D eigenvalue weighted by Crippen LogP contribution is -2.30. The Hall–Kier alpha value is -2.71. The molecule has 9 heteroatoms. The van der Waals surface area contributed by atoms with Gasteiger partial charge in [-0.3, -0.25) is 4.79 Å². The lowest BCUT2D eigenvalue weighted by molar-refractivity contribution is -0.137. The van der Waals surface area contributed by atoms with Crippen LogP contribution in [0.4, 0.5) is 19.3 Å². The first-order valence-electron chi connectivity index (χ1n) is 6.19. The van der Waals surface area contributed by atoms with Crippen LogP contribution in [0.3, 0.4) is 0 Å². The number of hydrogen-bond donors (Lipinski definition) is 3. The highest BCUT2D eigenvalue weighted by atomic mass is 19.1. The Morgan fingerprint density at radius 3 is 2.32 bits per heavy atom. The number of urea groups is 1. The average Bonchev–Trinajstić information content (AvgIpc) is 2.42. The molecular formula is C13H14F2N2O5. The first-order valence-corrected chi connectivity index (χ1v) is 6.19. The smallest absolute Gasteiger partial charge is 0.343 e. The molecule has 0 spiro atoms. The minimum atomic E-state index is -1.17. The minimum Gasteiger partial charge on any atom is -0.481 e. The molecule has 0 bridgehead atoms. The topological polar surface area (TPSA) is 105 Å². The molecule has 0 saturated carbocycles. The summed E-state index contributed by atoms with van der Waals surface area (Å²) >= 11 is 0. The lowest BCUT2D eigenvalue weighted by atomic mass is 10.2. The number of carbonyl (C=O) groups excluding carboxylic acids is 2. The Balaban J connectivity index is 2.65. The van der Waals surface area contributed by atoms with Gasteiger partial charge in [0, 0.05) is 18.7 Å². The van der Waals surface area contributed by atoms with Crippen molar-refractivity contribution in [2.24, 2.45) is 0 Å². The van der Waals surface area contributed by atoms with Gasteiger partial charge in [-0.25, -0.2) is 18.4 Å². The van der Waals surface area contributed by atoms with Crippen LogP contribution in [0.2, 0.25) is 0 Å². The van der Waals surface area contributed by atoms with Crippen LogP contribution in [0.15, 0.2) is 12.1 Å². The number of anilines is 1. The summed E-state index contributed by atoms with van der Waals surface area (Å²) in [6.07, 6.45) is 0.101. The van der Waals surface area contributed by atoms with Crippen molar-refractivity contribution in [2.45, 2.75) is 12.8 Å². The van der Waals surface area contributed by atoms with E-state index in [9.17, 15) is 23.2 Å². The fourth-order valence-corrected chi connectivity index (χ4v) is 1.56. The van der Waals surface area contributed by atoms with Gasteiger partial charge in [0.1, 0.15) is 17.2 Å². The van der Waals surface area contributed by atoms with Crippen LogP contribution in [0, 0.1) is 11.6 Å². The normalized spacial score (nSPS) is 9.95. The predicted octanol–water partition coefficient (Wildman–Crippen LogP) is 1.74. The van der Waals surface area contributed by atoms with Crippen molar-refractivity contribution in [3.05, 3.63) is 29.3 Å². The second-order valence-electron chi connectivity index (χ2n) is 4.18. The van der Waals surface area contributed by atoms with E-state index in [1.54, 1.807) is 0 Å². The summed E-state index contributed by atoms with van der Waals surface area (Å²) in [5.74, 6) is -4.51. The monoisotopic (exact) mass is 316 g/mol. The summed E-state index contributed by atoms with van der Waals surface area (Å²) in [5.41, 5.74) is -1.05. The number of carbonyl (C=O) groups is 3. The van der Waals surface area contributed by atoms with E-state index < -0.39 is 35.2 Å². The van der Waals surface area contributed by atoms with E-state index in [2.05, 4.69) is 15.4 Å². The largest absolute Gasteiger partial charge is 0.481 e. The predicted molar refractivity (Wildman–Crippen MR) is 71.6 cm³/mol. The maximum Gasteiger partial charge on any atom is 0.343 e. The number of hydrogen-bond acceptors (Lipinski definition) is 4. The van der Waals surface area contributed by atoms with Gasteiger partial charge in [0.05, 0.1) is 7.11 Å². The van der Waals surface area contributed by atoms with Crippen LogP contribution >= 0.6 is 0 Å². The zero-order chi connectivity index (χ0) is 16.7. The number of nitrogens with one attached hydrogen (secondary N) is 2. The summed E-state index contributed by atoms with van der Waals surface area (Å²) in [6, 6.07) is 0.785. The van der Waals surface area contributed by atoms with Gasteiger partial charge < -0.3 is 20.5 Å². The number of benzene rings is 1. The standard InChI is InChI=1S/C13H14F2N2O5/c1-22-12(20)11-8(14)5-7(6-9(11)15)17-13(21)16-4-2-3-10(18)19/h5-6H,2-4H2,1H3,(H,18,19)(H2,16,17,21). The zero-order valence-corrected chi connectivity index (χ0v) is 11.6. The van der Waals surface area contributed by atoms with Crippen LogP contribution in [-0.2, 0) is 9.53 Å². The van der Waals surface area contributed by atoms with Crippen LogP contribution in [0.5, 0.6) is 0 Å². The number of carboxylic acids is 1. The highest BCUT2D eigenvalue weighted by molar-refractivity contribution is 5.92. The van der Waals surface area contributed by atoms with Gasteiger partial charge in [0.2, 0.25) is 0 Å². The van der Waals surface area contributed by atoms with Gasteiger partial charge >= 0.3 is 18.0 Å². The molecule has 0 radical (unpaired) electrons. The van der Waals surface area contributed by atoms with Crippen molar-refractivity contribution >= 4 is 23.7 Å². The molecule has 1 aromatic carbocycles. The number of esters is 1. The van der Waals surface area contributed by atoms with E-state index in [1.165, 1.54) is 0 Å². The van der Waals surface area contributed by atoms with E-state index in [1.807, 2.05) is 0 Å². The van der Waals surface area contributed by atoms with Crippen molar-refractivity contribution < 1.29 is 33.0 Å². The second kappa shape index (κ2) is 7.91. The van der Waals surface area contributed by atoms with E-state index in [0.717, 1.165) is 19.2 Å². The van der Waals surface area contributed by atoms with E-state index in [0.29, 0.717) is 0 Å². The quantitative estimate of drug-likeness (QED) is 0.548. The van der Waals surface area contributed by atoms with Crippen molar-refractivity contribution in [3.8, 4) is 0 Å². The maximum atomic E-state index is 13.6. The number of aliphatic carboxylic acids is 1. The molecule has 0 aromatic heterocycles. The highest BCUT2D eigenvalue weighted by Gasteiger charge is 2.19. The number of amides is 2. The van der Waals surface area contributed by atoms with Gasteiger partial charge in [-0.15, -0.1) is 0 Å². The van der Waals surface area contributed by atoms with Crippen LogP contribution in [0.25, 0.3) is 0 Å². The Bertz CT molecular complexity index is 569. The molecule has 3 N–H and O–H groups in total. The molecule has 0 fully saturated rings. The molecule has 0 aliphatic heterocycles. The molecule has 0 heterocycles. The molecule has 7 nitrogen and oxygen atoms in total. The Labute approximate surface area is 124 Å². The fourth-order valence-electron chi connectivity index (χ4n) is 1.56. The Morgan fingerprint density at radius 1 is 1.23 bits per heavy atom. The molecule has 22 heavy (non-hydrogen) atoms. The molecule has 0 aliphatic rings. The third kappa shape index (κ3) is 5.00. The fraction of sp³-hybridized carbons (Fsp3) is 0.308. The van der Waals surface area contributed by atoms with Crippen LogP contribution in [0.1, 0.15) is 23.2 Å². The third-order valence-electron chi connectivity index (χ3n) is 2.54. The molecule has 1 rings (SSSR count). The van der Waals surface area contributed by atoms with Gasteiger partial charge in [0.15, 0.2) is 0 Å². The van der Waals surface area contributed by atoms with Crippen LogP contribution in [-0.4, -0.2) is 36.7 Å². The van der Waals surface area contributed by atoms with Gasteiger partial charge in [-0.2, -0.15) is 0 Å². The van der Waals surface area contributed by atoms with Gasteiger partial charge in [0.25, 0.3) is 0 Å². The van der Waals surface area contributed by atoms with Gasteiger partial charge in [-0.05, 0) is 18.6 Å². The van der Waals surface area contributed by atoms with Crippen molar-refractivity contribution in [2.75, 3.05) is 19.0 Å². The Kier molecular flexibility index (Phi) is 6.24. The SMILES string of the molecule is COC(=O)c1c(F)cc(NC(=O)NCCCC(=O)O)cc1F. The molecule has 0 atom stereocenters. The highest BCUT2D eigenvalue weighted by Crippen LogP contribution is 2.19. The number of halogens is 2. The van der Waals surface area contributed by atoms with Crippen molar-refractivity contribution in [1.82, 2.24) is 5.32 Å². The maximum absolute atomic E-state index is 13.6. The molecule has 120 valence electrons. The molecule has 0 saturated heterocycles. The minimum absolute atomic E-state index is 0.0866. The molecule has 0 unspecified atom stereocenters. The number of carboxylic acid groups (broad SMARTS) is 1. The first-order chi connectivity index (χ1) is 10.3. The summed E-state index contributed by atoms with van der Waals surface area (Å²) < 4.78 is 31.5. The number of ether oxygens (including phenoxy) is 1. The lowest BCUT2D eigenvalue weighted by Gasteiger charge is -2.09. The van der Waals surface area contributed by atoms with Gasteiger partial charge in [-0.1, -0.05) is 0 Å². The molecule has 1 aromatic rings. The second-order valence-corrected chi connectivity index (χ2v) is 4.18. The molecule has 2 amide bonds. The summed E-state index contributed by atoms with van der Waals surface area (Å²) in [6.45, 7) is 0.0866.